The van der Waals surface area contributed by atoms with Crippen LogP contribution in [-0.2, 0) is 6.42 Å². The van der Waals surface area contributed by atoms with Gasteiger partial charge < -0.3 is 5.32 Å². The Morgan fingerprint density at radius 2 is 2.33 bits per heavy atom. The minimum absolute atomic E-state index is 0.306. The SMILES string of the molecule is CCCNC(CCc1cccs1)c1cnccn1. The van der Waals surface area contributed by atoms with Crippen molar-refractivity contribution >= 4 is 11.3 Å². The van der Waals surface area contributed by atoms with Crippen molar-refractivity contribution in [2.45, 2.75) is 32.2 Å². The van der Waals surface area contributed by atoms with Gasteiger partial charge in [-0.25, -0.2) is 0 Å². The molecule has 0 radical (unpaired) electrons. The first-order chi connectivity index (χ1) is 8.90. The summed E-state index contributed by atoms with van der Waals surface area (Å²) in [5.41, 5.74) is 1.04. The molecule has 2 rings (SSSR count). The average Bonchev–Trinajstić information content (AvgIpc) is 2.93. The molecule has 4 heteroatoms. The first-order valence-corrected chi connectivity index (χ1v) is 7.29. The van der Waals surface area contributed by atoms with Gasteiger partial charge in [0.2, 0.25) is 0 Å². The summed E-state index contributed by atoms with van der Waals surface area (Å²) in [6.45, 7) is 3.20. The Hall–Kier alpha value is -1.26. The monoisotopic (exact) mass is 261 g/mol. The maximum atomic E-state index is 4.41. The molecular formula is C14H19N3S. The van der Waals surface area contributed by atoms with E-state index in [-0.39, 0.29) is 0 Å². The van der Waals surface area contributed by atoms with Crippen molar-refractivity contribution in [1.82, 2.24) is 15.3 Å². The van der Waals surface area contributed by atoms with Crippen LogP contribution in [0.5, 0.6) is 0 Å². The van der Waals surface area contributed by atoms with Gasteiger partial charge in [-0.05, 0) is 37.3 Å². The normalized spacial score (nSPS) is 12.5. The molecule has 0 spiro atoms. The fourth-order valence-electron chi connectivity index (χ4n) is 1.91. The maximum Gasteiger partial charge on any atom is 0.0756 e. The molecule has 1 atom stereocenters. The highest BCUT2D eigenvalue weighted by Crippen LogP contribution is 2.19. The van der Waals surface area contributed by atoms with E-state index in [2.05, 4.69) is 39.7 Å². The molecule has 2 aromatic rings. The van der Waals surface area contributed by atoms with Crippen molar-refractivity contribution in [3.8, 4) is 0 Å². The summed E-state index contributed by atoms with van der Waals surface area (Å²) in [4.78, 5) is 10.0. The smallest absolute Gasteiger partial charge is 0.0756 e. The molecule has 2 aromatic heterocycles. The summed E-state index contributed by atoms with van der Waals surface area (Å²) in [7, 11) is 0. The second-order valence-corrected chi connectivity index (χ2v) is 5.29. The lowest BCUT2D eigenvalue weighted by atomic mass is 10.1. The first kappa shape index (κ1) is 13.2. The predicted molar refractivity (Wildman–Crippen MR) is 75.7 cm³/mol. The molecule has 0 saturated heterocycles. The molecule has 2 heterocycles. The minimum atomic E-state index is 0.306. The van der Waals surface area contributed by atoms with Gasteiger partial charge in [0.15, 0.2) is 0 Å². The van der Waals surface area contributed by atoms with Crippen LogP contribution in [0.3, 0.4) is 0 Å². The van der Waals surface area contributed by atoms with E-state index in [4.69, 9.17) is 0 Å². The second-order valence-electron chi connectivity index (χ2n) is 4.26. The van der Waals surface area contributed by atoms with E-state index in [0.717, 1.165) is 31.5 Å². The van der Waals surface area contributed by atoms with Gasteiger partial charge >= 0.3 is 0 Å². The van der Waals surface area contributed by atoms with E-state index in [1.54, 1.807) is 12.4 Å². The third-order valence-corrected chi connectivity index (χ3v) is 3.78. The largest absolute Gasteiger partial charge is 0.309 e. The number of hydrogen-bond acceptors (Lipinski definition) is 4. The highest BCUT2D eigenvalue weighted by atomic mass is 32.1. The maximum absolute atomic E-state index is 4.41. The standard InChI is InChI=1S/C14H19N3S/c1-2-7-16-13(14-11-15-8-9-17-14)6-5-12-4-3-10-18-12/h3-4,8-11,13,16H,2,5-7H2,1H3. The molecule has 1 N–H and O–H groups in total. The Labute approximate surface area is 112 Å². The van der Waals surface area contributed by atoms with Crippen LogP contribution in [0.2, 0.25) is 0 Å². The summed E-state index contributed by atoms with van der Waals surface area (Å²) < 4.78 is 0. The zero-order valence-corrected chi connectivity index (χ0v) is 11.5. The molecule has 0 aliphatic heterocycles. The summed E-state index contributed by atoms with van der Waals surface area (Å²) in [6.07, 6.45) is 8.65. The van der Waals surface area contributed by atoms with E-state index >= 15 is 0 Å². The van der Waals surface area contributed by atoms with Gasteiger partial charge in [-0.3, -0.25) is 9.97 Å². The topological polar surface area (TPSA) is 37.8 Å². The average molecular weight is 261 g/mol. The van der Waals surface area contributed by atoms with Crippen LogP contribution in [0.1, 0.15) is 36.4 Å². The zero-order chi connectivity index (χ0) is 12.6. The molecule has 0 aliphatic rings. The van der Waals surface area contributed by atoms with Gasteiger partial charge in [-0.1, -0.05) is 13.0 Å². The van der Waals surface area contributed by atoms with E-state index in [1.165, 1.54) is 4.88 Å². The third-order valence-electron chi connectivity index (χ3n) is 2.84. The number of thiophene rings is 1. The number of aryl methyl sites for hydroxylation is 1. The molecule has 1 unspecified atom stereocenters. The van der Waals surface area contributed by atoms with Crippen LogP contribution in [0.4, 0.5) is 0 Å². The molecule has 0 aromatic carbocycles. The van der Waals surface area contributed by atoms with Crippen molar-refractivity contribution in [2.24, 2.45) is 0 Å². The number of nitrogens with zero attached hydrogens (tertiary/aromatic N) is 2. The lowest BCUT2D eigenvalue weighted by molar-refractivity contribution is 0.488. The fraction of sp³-hybridized carbons (Fsp3) is 0.429. The van der Waals surface area contributed by atoms with Crippen molar-refractivity contribution in [2.75, 3.05) is 6.54 Å². The van der Waals surface area contributed by atoms with Crippen molar-refractivity contribution in [3.63, 3.8) is 0 Å². The number of hydrogen-bond donors (Lipinski definition) is 1. The zero-order valence-electron chi connectivity index (χ0n) is 10.7. The summed E-state index contributed by atoms with van der Waals surface area (Å²) >= 11 is 1.82. The number of nitrogens with one attached hydrogen (secondary N) is 1. The summed E-state index contributed by atoms with van der Waals surface area (Å²) in [5.74, 6) is 0. The molecule has 96 valence electrons. The molecule has 3 nitrogen and oxygen atoms in total. The molecule has 18 heavy (non-hydrogen) atoms. The molecule has 0 fully saturated rings. The van der Waals surface area contributed by atoms with E-state index in [1.807, 2.05) is 17.5 Å². The van der Waals surface area contributed by atoms with Crippen LogP contribution in [0, 0.1) is 0 Å². The Morgan fingerprint density at radius 1 is 1.39 bits per heavy atom. The van der Waals surface area contributed by atoms with Gasteiger partial charge in [-0.15, -0.1) is 11.3 Å². The van der Waals surface area contributed by atoms with Crippen molar-refractivity contribution in [1.29, 1.82) is 0 Å². The van der Waals surface area contributed by atoms with Crippen LogP contribution >= 0.6 is 11.3 Å². The van der Waals surface area contributed by atoms with Gasteiger partial charge in [0.1, 0.15) is 0 Å². The Kier molecular flexibility index (Phi) is 5.30. The third kappa shape index (κ3) is 3.89. The lowest BCUT2D eigenvalue weighted by Gasteiger charge is -2.17. The summed E-state index contributed by atoms with van der Waals surface area (Å²) in [5, 5.41) is 5.68. The van der Waals surface area contributed by atoms with Gasteiger partial charge in [0.05, 0.1) is 11.7 Å². The van der Waals surface area contributed by atoms with Crippen LogP contribution in [0.25, 0.3) is 0 Å². The Morgan fingerprint density at radius 3 is 3.00 bits per heavy atom. The van der Waals surface area contributed by atoms with Crippen molar-refractivity contribution in [3.05, 3.63) is 46.7 Å². The highest BCUT2D eigenvalue weighted by molar-refractivity contribution is 7.09. The Bertz CT molecular complexity index is 428. The summed E-state index contributed by atoms with van der Waals surface area (Å²) in [6, 6.07) is 4.61. The highest BCUT2D eigenvalue weighted by Gasteiger charge is 2.12. The quantitative estimate of drug-likeness (QED) is 0.831. The first-order valence-electron chi connectivity index (χ1n) is 6.42. The van der Waals surface area contributed by atoms with E-state index in [0.29, 0.717) is 6.04 Å². The van der Waals surface area contributed by atoms with E-state index < -0.39 is 0 Å². The van der Waals surface area contributed by atoms with Crippen molar-refractivity contribution < 1.29 is 0 Å². The van der Waals surface area contributed by atoms with Gasteiger partial charge in [0, 0.05) is 23.5 Å². The van der Waals surface area contributed by atoms with Gasteiger partial charge in [0.25, 0.3) is 0 Å². The number of aromatic nitrogens is 2. The van der Waals surface area contributed by atoms with Crippen LogP contribution < -0.4 is 5.32 Å². The second kappa shape index (κ2) is 7.24. The lowest BCUT2D eigenvalue weighted by Crippen LogP contribution is -2.23. The molecule has 0 saturated carbocycles. The molecule has 0 bridgehead atoms. The predicted octanol–water partition coefficient (Wildman–Crippen LogP) is 3.21. The fourth-order valence-corrected chi connectivity index (χ4v) is 2.63. The van der Waals surface area contributed by atoms with Gasteiger partial charge in [-0.2, -0.15) is 0 Å². The van der Waals surface area contributed by atoms with Crippen LogP contribution in [0.15, 0.2) is 36.1 Å². The Balaban J connectivity index is 1.96. The molecular weight excluding hydrogens is 242 g/mol. The minimum Gasteiger partial charge on any atom is -0.309 e. The molecule has 0 amide bonds. The number of rotatable bonds is 7. The molecule has 0 aliphatic carbocycles. The van der Waals surface area contributed by atoms with Crippen LogP contribution in [-0.4, -0.2) is 16.5 Å². The van der Waals surface area contributed by atoms with E-state index in [9.17, 15) is 0 Å².